The van der Waals surface area contributed by atoms with Gasteiger partial charge in [-0.15, -0.1) is 0 Å². The highest BCUT2D eigenvalue weighted by Gasteiger charge is 2.36. The molecule has 0 aromatic heterocycles. The van der Waals surface area contributed by atoms with Crippen LogP contribution in [0.4, 0.5) is 5.69 Å². The molecule has 2 heterocycles. The minimum Gasteiger partial charge on any atom is -0.497 e. The van der Waals surface area contributed by atoms with Crippen LogP contribution in [0.1, 0.15) is 37.8 Å². The molecule has 48 heavy (non-hydrogen) atoms. The van der Waals surface area contributed by atoms with E-state index in [-0.39, 0.29) is 23.1 Å². The first-order valence-electron chi connectivity index (χ1n) is 16.4. The predicted octanol–water partition coefficient (Wildman–Crippen LogP) is 4.16. The molecule has 2 aliphatic heterocycles. The number of hydrogen-bond acceptors (Lipinski definition) is 7. The third-order valence-corrected chi connectivity index (χ3v) is 10.3. The number of fused-ring (bicyclic) bond motifs is 1. The molecular weight excluding hydrogens is 627 g/mol. The number of guanidine groups is 1. The van der Waals surface area contributed by atoms with Crippen LogP contribution in [-0.4, -0.2) is 81.7 Å². The van der Waals surface area contributed by atoms with Crippen LogP contribution in [-0.2, 0) is 21.2 Å². The van der Waals surface area contributed by atoms with Gasteiger partial charge in [0.15, 0.2) is 5.96 Å². The van der Waals surface area contributed by atoms with Crippen LogP contribution >= 0.6 is 0 Å². The zero-order chi connectivity index (χ0) is 34.3. The van der Waals surface area contributed by atoms with Crippen LogP contribution in [0.25, 0.3) is 17.2 Å². The third kappa shape index (κ3) is 8.23. The molecule has 254 valence electrons. The fourth-order valence-corrected chi connectivity index (χ4v) is 7.47. The number of methoxy groups -OCH3 is 1. The zero-order valence-electron chi connectivity index (χ0n) is 27.9. The smallest absolute Gasteiger partial charge is 0.250 e. The summed E-state index contributed by atoms with van der Waals surface area (Å²) in [4.78, 5) is 24.8. The summed E-state index contributed by atoms with van der Waals surface area (Å²) < 4.78 is 33.6. The van der Waals surface area contributed by atoms with Crippen LogP contribution in [0.2, 0.25) is 0 Å². The molecule has 3 aromatic carbocycles. The highest BCUT2D eigenvalue weighted by atomic mass is 32.2. The van der Waals surface area contributed by atoms with Crippen molar-refractivity contribution in [1.29, 1.82) is 0 Å². The van der Waals surface area contributed by atoms with Gasteiger partial charge in [0.1, 0.15) is 11.6 Å². The van der Waals surface area contributed by atoms with Crippen LogP contribution in [0, 0.1) is 5.92 Å². The number of benzene rings is 3. The highest BCUT2D eigenvalue weighted by Crippen LogP contribution is 2.34. The number of aliphatic imine (C=N–C) groups is 2. The Balaban J connectivity index is 1.31. The maximum atomic E-state index is 13.8. The first-order valence-corrected chi connectivity index (χ1v) is 17.8. The van der Waals surface area contributed by atoms with Gasteiger partial charge in [0.2, 0.25) is 15.9 Å². The Morgan fingerprint density at radius 1 is 1.06 bits per heavy atom. The van der Waals surface area contributed by atoms with Gasteiger partial charge in [-0.1, -0.05) is 43.3 Å². The lowest BCUT2D eigenvalue weighted by Crippen LogP contribution is -2.51. The van der Waals surface area contributed by atoms with Crippen molar-refractivity contribution in [3.63, 3.8) is 0 Å². The Morgan fingerprint density at radius 3 is 2.52 bits per heavy atom. The fraction of sp³-hybridized carbons (Fsp3) is 0.361. The van der Waals surface area contributed by atoms with E-state index in [0.717, 1.165) is 40.8 Å². The molecule has 2 aliphatic rings. The zero-order valence-corrected chi connectivity index (χ0v) is 28.7. The lowest BCUT2D eigenvalue weighted by molar-refractivity contribution is -0.127. The number of carbonyl (C=O) groups excluding carboxylic acids is 1. The van der Waals surface area contributed by atoms with E-state index in [1.807, 2.05) is 66.4 Å². The second-order valence-electron chi connectivity index (χ2n) is 12.1. The van der Waals surface area contributed by atoms with E-state index in [4.69, 9.17) is 16.2 Å². The van der Waals surface area contributed by atoms with E-state index in [1.165, 1.54) is 4.31 Å². The van der Waals surface area contributed by atoms with E-state index in [1.54, 1.807) is 25.3 Å². The van der Waals surface area contributed by atoms with Crippen LogP contribution < -0.4 is 21.5 Å². The molecule has 5 rings (SSSR count). The van der Waals surface area contributed by atoms with Crippen molar-refractivity contribution in [2.45, 2.75) is 38.0 Å². The third-order valence-electron chi connectivity index (χ3n) is 8.49. The number of ether oxygens (including phenoxy) is 1. The molecule has 0 spiro atoms. The maximum Gasteiger partial charge on any atom is 0.250 e. The average molecular weight is 672 g/mol. The SMILES string of the molecule is CCCN(CCc1ccc(OC)cc1)C(=O)C1=Cc2ccc(-c3cccc(S(=O)(=O)N4CC(C/N=C(/N)NCC)C4)c3)cc2N=C(N)C1. The number of carbonyl (C=O) groups is 1. The number of nitrogens with two attached hydrogens (primary N) is 2. The number of amides is 1. The van der Waals surface area contributed by atoms with Crippen LogP contribution in [0.5, 0.6) is 5.75 Å². The molecule has 3 aromatic rings. The van der Waals surface area contributed by atoms with Crippen LogP contribution in [0.3, 0.4) is 0 Å². The van der Waals surface area contributed by atoms with Crippen molar-refractivity contribution >= 4 is 39.5 Å². The quantitative estimate of drug-likeness (QED) is 0.182. The molecule has 0 unspecified atom stereocenters. The van der Waals surface area contributed by atoms with E-state index < -0.39 is 10.0 Å². The monoisotopic (exact) mass is 671 g/mol. The summed E-state index contributed by atoms with van der Waals surface area (Å²) in [6.45, 7) is 7.16. The van der Waals surface area contributed by atoms with E-state index in [2.05, 4.69) is 22.2 Å². The van der Waals surface area contributed by atoms with Crippen molar-refractivity contribution in [3.05, 3.63) is 83.4 Å². The molecule has 1 saturated heterocycles. The Kier molecular flexibility index (Phi) is 11.2. The largest absolute Gasteiger partial charge is 0.497 e. The molecule has 0 bridgehead atoms. The van der Waals surface area contributed by atoms with E-state index in [9.17, 15) is 13.2 Å². The van der Waals surface area contributed by atoms with Gasteiger partial charge in [-0.2, -0.15) is 4.31 Å². The van der Waals surface area contributed by atoms with Gasteiger partial charge >= 0.3 is 0 Å². The molecule has 1 amide bonds. The lowest BCUT2D eigenvalue weighted by Gasteiger charge is -2.37. The Labute approximate surface area is 283 Å². The van der Waals surface area contributed by atoms with Gasteiger partial charge < -0.3 is 26.4 Å². The second kappa shape index (κ2) is 15.5. The van der Waals surface area contributed by atoms with Gasteiger partial charge in [0.25, 0.3) is 0 Å². The molecule has 1 fully saturated rings. The Morgan fingerprint density at radius 2 is 1.81 bits per heavy atom. The fourth-order valence-electron chi connectivity index (χ4n) is 5.84. The number of nitrogens with one attached hydrogen (secondary N) is 1. The van der Waals surface area contributed by atoms with E-state index in [0.29, 0.717) is 62.3 Å². The molecule has 12 heteroatoms. The highest BCUT2D eigenvalue weighted by molar-refractivity contribution is 7.89. The van der Waals surface area contributed by atoms with Crippen molar-refractivity contribution in [1.82, 2.24) is 14.5 Å². The summed E-state index contributed by atoms with van der Waals surface area (Å²) >= 11 is 0. The Hall–Kier alpha value is -4.68. The average Bonchev–Trinajstić information content (AvgIpc) is 3.23. The normalized spacial score (nSPS) is 15.4. The molecule has 0 atom stereocenters. The summed E-state index contributed by atoms with van der Waals surface area (Å²) in [5, 5.41) is 2.95. The molecule has 0 radical (unpaired) electrons. The molecular formula is C36H45N7O4S. The minimum absolute atomic E-state index is 0.0560. The Bertz CT molecular complexity index is 1810. The summed E-state index contributed by atoms with van der Waals surface area (Å²) in [6, 6.07) is 20.5. The van der Waals surface area contributed by atoms with Gasteiger partial charge in [0, 0.05) is 62.7 Å². The van der Waals surface area contributed by atoms with Crippen LogP contribution in [0.15, 0.2) is 87.2 Å². The predicted molar refractivity (Wildman–Crippen MR) is 192 cm³/mol. The summed E-state index contributed by atoms with van der Waals surface area (Å²) in [5.41, 5.74) is 16.8. The number of amidine groups is 1. The van der Waals surface area contributed by atoms with Crippen molar-refractivity contribution in [3.8, 4) is 16.9 Å². The first-order chi connectivity index (χ1) is 23.1. The van der Waals surface area contributed by atoms with Gasteiger partial charge in [-0.25, -0.2) is 13.4 Å². The molecule has 0 saturated carbocycles. The molecule has 5 N–H and O–H groups in total. The van der Waals surface area contributed by atoms with Gasteiger partial charge in [0.05, 0.1) is 17.7 Å². The van der Waals surface area contributed by atoms with Crippen molar-refractivity contribution in [2.75, 3.05) is 46.4 Å². The lowest BCUT2D eigenvalue weighted by atomic mass is 10.0. The summed E-state index contributed by atoms with van der Waals surface area (Å²) in [5.74, 6) is 1.58. The summed E-state index contributed by atoms with van der Waals surface area (Å²) in [7, 11) is -2.03. The maximum absolute atomic E-state index is 13.8. The molecule has 0 aliphatic carbocycles. The van der Waals surface area contributed by atoms with Gasteiger partial charge in [-0.05, 0) is 72.9 Å². The first kappa shape index (κ1) is 34.6. The summed E-state index contributed by atoms with van der Waals surface area (Å²) in [6.07, 6.45) is 3.67. The number of rotatable bonds is 13. The molecule has 11 nitrogen and oxygen atoms in total. The van der Waals surface area contributed by atoms with Crippen molar-refractivity contribution < 1.29 is 17.9 Å². The van der Waals surface area contributed by atoms with Crippen molar-refractivity contribution in [2.24, 2.45) is 27.4 Å². The number of hydrogen-bond donors (Lipinski definition) is 3. The van der Waals surface area contributed by atoms with Gasteiger partial charge in [-0.3, -0.25) is 9.79 Å². The standard InChI is InChI=1S/C36H45N7O4S/c1-4-16-42(17-15-25-9-13-31(47-3)14-10-25)35(44)30-18-29-12-11-28(20-33(29)41-34(37)21-30)27-7-6-8-32(19-27)48(45,46)43-23-26(24-43)22-40-36(38)39-5-2/h6-14,18-20,26H,4-5,15-17,21-24H2,1-3H3,(H2,37,41)(H3,38,39,40). The minimum atomic E-state index is -3.67. The van der Waals surface area contributed by atoms with E-state index >= 15 is 0 Å². The number of sulfonamides is 1. The topological polar surface area (TPSA) is 156 Å². The second-order valence-corrected chi connectivity index (χ2v) is 14.0. The number of nitrogens with zero attached hydrogens (tertiary/aromatic N) is 4.